The van der Waals surface area contributed by atoms with E-state index in [4.69, 9.17) is 47.4 Å². The predicted molar refractivity (Wildman–Crippen MR) is 299 cm³/mol. The molecule has 29 heteroatoms. The van der Waals surface area contributed by atoms with Crippen LogP contribution in [0.5, 0.6) is 0 Å². The fraction of sp³-hybridized carbons (Fsp3) is 0.950. The van der Waals surface area contributed by atoms with Crippen molar-refractivity contribution in [3.8, 4) is 0 Å². The Bertz CT molecular complexity index is 2390. The van der Waals surface area contributed by atoms with E-state index in [0.717, 1.165) is 18.4 Å². The van der Waals surface area contributed by atoms with Crippen LogP contribution in [0.1, 0.15) is 107 Å². The van der Waals surface area contributed by atoms with Crippen molar-refractivity contribution in [2.45, 2.75) is 278 Å². The van der Waals surface area contributed by atoms with Crippen LogP contribution in [-0.2, 0) is 52.2 Å². The first kappa shape index (κ1) is 71.6. The maximum Gasteiger partial charge on any atom is 0.187 e. The Morgan fingerprint density at radius 3 is 1.49 bits per heavy atom. The van der Waals surface area contributed by atoms with Crippen molar-refractivity contribution in [2.24, 2.45) is 45.3 Å². The van der Waals surface area contributed by atoms with Crippen LogP contribution >= 0.6 is 0 Å². The Morgan fingerprint density at radius 2 is 0.989 bits per heavy atom. The second-order valence-electron chi connectivity index (χ2n) is 28.5. The van der Waals surface area contributed by atoms with Crippen molar-refractivity contribution in [2.75, 3.05) is 33.0 Å². The number of allylic oxidation sites excluding steroid dienone is 1. The lowest BCUT2D eigenvalue weighted by atomic mass is 9.38. The molecule has 0 aromatic carbocycles. The molecule has 0 unspecified atom stereocenters. The van der Waals surface area contributed by atoms with Crippen LogP contribution in [0.4, 0.5) is 0 Å². The van der Waals surface area contributed by atoms with E-state index in [2.05, 4.69) is 33.8 Å². The van der Waals surface area contributed by atoms with Gasteiger partial charge in [-0.2, -0.15) is 0 Å². The second-order valence-corrected chi connectivity index (χ2v) is 28.5. The molecule has 9 aliphatic rings. The van der Waals surface area contributed by atoms with Crippen molar-refractivity contribution in [1.29, 1.82) is 0 Å². The minimum Gasteiger partial charge on any atom is -0.394 e. The maximum atomic E-state index is 15.4. The van der Waals surface area contributed by atoms with Gasteiger partial charge < -0.3 is 139 Å². The molecule has 3 saturated carbocycles. The molecule has 0 spiro atoms. The Balaban J connectivity index is 0.888. The Morgan fingerprint density at radius 1 is 0.539 bits per heavy atom. The van der Waals surface area contributed by atoms with Crippen molar-refractivity contribution in [3.63, 3.8) is 0 Å². The summed E-state index contributed by atoms with van der Waals surface area (Å²) in [5.74, 6) is -0.172. The third-order valence-electron chi connectivity index (χ3n) is 22.6. The van der Waals surface area contributed by atoms with Gasteiger partial charge in [0.25, 0.3) is 0 Å². The highest BCUT2D eigenvalue weighted by molar-refractivity contribution is 5.88. The predicted octanol–water partition coefficient (Wildman–Crippen LogP) is -5.20. The highest BCUT2D eigenvalue weighted by Crippen LogP contribution is 2.74. The summed E-state index contributed by atoms with van der Waals surface area (Å²) in [5.41, 5.74) is -3.02. The number of carbonyl (C=O) groups excluding carboxylic acids is 1. The maximum absolute atomic E-state index is 15.4. The number of hydrogen-bond acceptors (Lipinski definition) is 29. The van der Waals surface area contributed by atoms with Crippen molar-refractivity contribution in [1.82, 2.24) is 0 Å². The summed E-state index contributed by atoms with van der Waals surface area (Å²) < 4.78 is 59.4. The summed E-state index contributed by atoms with van der Waals surface area (Å²) >= 11 is 0. The summed E-state index contributed by atoms with van der Waals surface area (Å²) in [4.78, 5) is 15.4. The second kappa shape index (κ2) is 27.4. The molecule has 89 heavy (non-hydrogen) atoms. The molecule has 0 aromatic rings. The zero-order chi connectivity index (χ0) is 65.5. The van der Waals surface area contributed by atoms with E-state index in [1.54, 1.807) is 0 Å². The smallest absolute Gasteiger partial charge is 0.187 e. The molecule has 5 saturated heterocycles. The number of hydrogen-bond donors (Lipinski definition) is 18. The molecular formula is C60H100O29. The third kappa shape index (κ3) is 13.0. The minimum atomic E-state index is -1.92. The van der Waals surface area contributed by atoms with Crippen LogP contribution in [0.2, 0.25) is 0 Å². The van der Waals surface area contributed by atoms with E-state index in [0.29, 0.717) is 25.7 Å². The molecule has 9 rings (SSSR count). The number of ether oxygens (including phenoxy) is 10. The summed E-state index contributed by atoms with van der Waals surface area (Å²) in [5, 5.41) is 192. The van der Waals surface area contributed by atoms with Crippen molar-refractivity contribution < 1.29 is 144 Å². The van der Waals surface area contributed by atoms with E-state index < -0.39 is 221 Å². The molecule has 0 amide bonds. The van der Waals surface area contributed by atoms with E-state index in [1.807, 2.05) is 13.8 Å². The largest absolute Gasteiger partial charge is 0.394 e. The average Bonchev–Trinajstić information content (AvgIpc) is 1.66. The van der Waals surface area contributed by atoms with Crippen LogP contribution < -0.4 is 0 Å². The molecule has 4 aliphatic carbocycles. The summed E-state index contributed by atoms with van der Waals surface area (Å²) in [7, 11) is 0. The zero-order valence-corrected chi connectivity index (χ0v) is 51.7. The zero-order valence-electron chi connectivity index (χ0n) is 51.7. The van der Waals surface area contributed by atoms with E-state index in [1.165, 1.54) is 13.8 Å². The molecule has 18 N–H and O–H groups in total. The number of carbonyl (C=O) groups is 1. The Kier molecular flexibility index (Phi) is 22.1. The van der Waals surface area contributed by atoms with Gasteiger partial charge >= 0.3 is 0 Å². The standard InChI is InChI=1S/C60H100O29/c1-23(9-13-35(57(4,5)79)88-53-48(77)44(73)39(68)30(85-53)21-80-51-46(75)41(70)36(65)27(18-61)82-51)24-15-16-58(6)32-12-10-25-26(60(32,8)33(64)17-59(24,58)7)11-14-34(56(25,2)3)87-55-50(89-54-49(78)43(72)38(67)29(20-63)84-54)45(74)40(69)31(86-55)22-81-52-47(76)42(71)37(66)28(19-62)83-52/h10,23-24,26-32,34-55,61-63,65-79H,9,11-22H2,1-8H3/t23-,24-,26-,27-,28-,29-,30-,31-,32+,34+,35-,36-,37-,38-,39-,40-,41+,42+,43+,44+,45+,46-,47-,48-,49-,50-,51-,52-,53+,54+,55+,58+,59-,60+/m1/s1. The summed E-state index contributed by atoms with van der Waals surface area (Å²) in [6, 6.07) is 0. The minimum absolute atomic E-state index is 0.0213. The average molecular weight is 1290 g/mol. The number of rotatable bonds is 20. The quantitative estimate of drug-likeness (QED) is 0.0507. The Labute approximate surface area is 516 Å². The highest BCUT2D eigenvalue weighted by Gasteiger charge is 2.71. The van der Waals surface area contributed by atoms with Gasteiger partial charge in [0.1, 0.15) is 128 Å². The Hall–Kier alpha value is -1.71. The highest BCUT2D eigenvalue weighted by atomic mass is 16.8. The van der Waals surface area contributed by atoms with Crippen LogP contribution in [0.25, 0.3) is 0 Å². The molecule has 0 radical (unpaired) electrons. The van der Waals surface area contributed by atoms with E-state index >= 15 is 4.79 Å². The molecule has 0 bridgehead atoms. The van der Waals surface area contributed by atoms with Crippen LogP contribution in [-0.4, -0.2) is 302 Å². The van der Waals surface area contributed by atoms with Crippen LogP contribution in [0.3, 0.4) is 0 Å². The first-order chi connectivity index (χ1) is 41.6. The normalized spacial score (nSPS) is 51.0. The van der Waals surface area contributed by atoms with E-state index in [-0.39, 0.29) is 47.7 Å². The number of ketones is 1. The number of aliphatic hydroxyl groups is 18. The van der Waals surface area contributed by atoms with Crippen LogP contribution in [0.15, 0.2) is 11.6 Å². The van der Waals surface area contributed by atoms with Gasteiger partial charge in [0.05, 0.1) is 50.8 Å². The van der Waals surface area contributed by atoms with Crippen LogP contribution in [0, 0.1) is 45.3 Å². The first-order valence-corrected chi connectivity index (χ1v) is 31.4. The molecule has 5 aliphatic heterocycles. The first-order valence-electron chi connectivity index (χ1n) is 31.4. The lowest BCUT2D eigenvalue weighted by Crippen LogP contribution is -2.66. The van der Waals surface area contributed by atoms with Crippen molar-refractivity contribution >= 4 is 5.78 Å². The van der Waals surface area contributed by atoms with Gasteiger partial charge in [-0.25, -0.2) is 0 Å². The lowest BCUT2D eigenvalue weighted by molar-refractivity contribution is -0.379. The summed E-state index contributed by atoms with van der Waals surface area (Å²) in [6.45, 7) is 12.3. The summed E-state index contributed by atoms with van der Waals surface area (Å²) in [6.07, 6.45) is -37.3. The fourth-order valence-corrected chi connectivity index (χ4v) is 16.7. The third-order valence-corrected chi connectivity index (χ3v) is 22.6. The molecule has 5 heterocycles. The van der Waals surface area contributed by atoms with Gasteiger partial charge in [-0.1, -0.05) is 53.2 Å². The SMILES string of the molecule is C[C@H](CC[C@@H](O[C@@H]1O[C@H](CO[C@@H]2O[C@H](CO)[C@@H](O)[C@H](O)[C@H]2O)[C@@H](O)[C@H](O)[C@H]1O)C(C)(C)O)[C@H]1CC[C@@]2(C)[C@@H]3CC=C4[C@@H](CC[C@H](O[C@@H]5O[C@H](CO[C@@H]6O[C@H](CO)[C@@H](O)[C@H](O)[C@H]6O)[C@@H](O)[C@H](O)[C@H]5O[C@@H]5O[C@H](CO)[C@@H](O)[C@H](O)[C@H]5O)C4(C)C)[C@]3(C)C(=O)C[C@]12C. The lowest BCUT2D eigenvalue weighted by Gasteiger charge is -2.65. The number of fused-ring (bicyclic) bond motifs is 5. The molecule has 34 atom stereocenters. The van der Waals surface area contributed by atoms with Crippen molar-refractivity contribution in [3.05, 3.63) is 11.6 Å². The molecular weight excluding hydrogens is 1180 g/mol. The van der Waals surface area contributed by atoms with Gasteiger partial charge in [-0.05, 0) is 93.3 Å². The van der Waals surface area contributed by atoms with Gasteiger partial charge in [-0.3, -0.25) is 4.79 Å². The van der Waals surface area contributed by atoms with Gasteiger partial charge in [0.2, 0.25) is 0 Å². The van der Waals surface area contributed by atoms with Gasteiger partial charge in [0.15, 0.2) is 31.5 Å². The topological polar surface area (TPSA) is 474 Å². The van der Waals surface area contributed by atoms with E-state index in [9.17, 15) is 91.9 Å². The number of aliphatic hydroxyl groups excluding tert-OH is 17. The molecule has 514 valence electrons. The number of Topliss-reactive ketones (excluding diaryl/α,β-unsaturated/α-hetero) is 1. The monoisotopic (exact) mass is 1280 g/mol. The molecule has 0 aromatic heterocycles. The molecule has 29 nitrogen and oxygen atoms in total. The van der Waals surface area contributed by atoms with Gasteiger partial charge in [-0.15, -0.1) is 0 Å². The van der Waals surface area contributed by atoms with Gasteiger partial charge in [0, 0.05) is 17.3 Å². The molecule has 8 fully saturated rings. The fourth-order valence-electron chi connectivity index (χ4n) is 16.7.